The summed E-state index contributed by atoms with van der Waals surface area (Å²) in [6, 6.07) is 4.71. The van der Waals surface area contributed by atoms with Gasteiger partial charge in [0.1, 0.15) is 16.7 Å². The SMILES string of the molecule is CN1CCCC1C1(C)CCN(c2cc(F)c(S(=O)(=O)Nc3cccc(F)n3)c(F)c2Cl)C1. The van der Waals surface area contributed by atoms with Crippen molar-refractivity contribution in [2.75, 3.05) is 36.3 Å². The van der Waals surface area contributed by atoms with Crippen LogP contribution in [0.25, 0.3) is 0 Å². The van der Waals surface area contributed by atoms with Gasteiger partial charge in [-0.05, 0) is 45.0 Å². The third-order valence-corrected chi connectivity index (χ3v) is 8.24. The molecule has 2 aliphatic heterocycles. The number of hydrogen-bond acceptors (Lipinski definition) is 5. The average molecular weight is 489 g/mol. The number of benzene rings is 1. The van der Waals surface area contributed by atoms with E-state index in [-0.39, 0.29) is 11.1 Å². The van der Waals surface area contributed by atoms with Crippen LogP contribution in [0.1, 0.15) is 26.2 Å². The molecule has 174 valence electrons. The molecule has 2 aromatic rings. The molecule has 1 aromatic carbocycles. The Labute approximate surface area is 190 Å². The fourth-order valence-corrected chi connectivity index (χ4v) is 6.42. The number of halogens is 4. The van der Waals surface area contributed by atoms with Gasteiger partial charge in [0.15, 0.2) is 10.7 Å². The Morgan fingerprint density at radius 3 is 2.66 bits per heavy atom. The maximum Gasteiger partial charge on any atom is 0.268 e. The van der Waals surface area contributed by atoms with Crippen molar-refractivity contribution in [3.8, 4) is 0 Å². The molecule has 3 heterocycles. The van der Waals surface area contributed by atoms with Gasteiger partial charge < -0.3 is 9.80 Å². The Morgan fingerprint density at radius 2 is 2.00 bits per heavy atom. The van der Waals surface area contributed by atoms with Crippen LogP contribution in [0.5, 0.6) is 0 Å². The molecule has 6 nitrogen and oxygen atoms in total. The number of nitrogens with zero attached hydrogens (tertiary/aromatic N) is 3. The van der Waals surface area contributed by atoms with Crippen molar-refractivity contribution in [1.29, 1.82) is 0 Å². The van der Waals surface area contributed by atoms with Crippen molar-refractivity contribution in [3.63, 3.8) is 0 Å². The maximum atomic E-state index is 15.1. The largest absolute Gasteiger partial charge is 0.370 e. The summed E-state index contributed by atoms with van der Waals surface area (Å²) in [6.07, 6.45) is 3.00. The van der Waals surface area contributed by atoms with Gasteiger partial charge in [0.2, 0.25) is 5.95 Å². The minimum Gasteiger partial charge on any atom is -0.370 e. The minimum atomic E-state index is -4.74. The number of pyridine rings is 1. The lowest BCUT2D eigenvalue weighted by Gasteiger charge is -2.36. The van der Waals surface area contributed by atoms with Crippen molar-refractivity contribution in [1.82, 2.24) is 9.88 Å². The first kappa shape index (κ1) is 23.1. The van der Waals surface area contributed by atoms with Crippen LogP contribution in [-0.4, -0.2) is 51.0 Å². The van der Waals surface area contributed by atoms with Gasteiger partial charge in [0, 0.05) is 30.6 Å². The number of likely N-dealkylation sites (tertiary alicyclic amines) is 1. The molecule has 1 N–H and O–H groups in total. The Balaban J connectivity index is 1.63. The molecular weight excluding hydrogens is 465 g/mol. The Morgan fingerprint density at radius 1 is 1.25 bits per heavy atom. The van der Waals surface area contributed by atoms with Crippen molar-refractivity contribution >= 4 is 33.1 Å². The van der Waals surface area contributed by atoms with Gasteiger partial charge in [-0.2, -0.15) is 4.39 Å². The lowest BCUT2D eigenvalue weighted by molar-refractivity contribution is 0.153. The molecule has 2 unspecified atom stereocenters. The fraction of sp³-hybridized carbons (Fsp3) is 0.476. The molecule has 2 saturated heterocycles. The molecule has 0 radical (unpaired) electrons. The van der Waals surface area contributed by atoms with Crippen molar-refractivity contribution < 1.29 is 21.6 Å². The predicted molar refractivity (Wildman–Crippen MR) is 117 cm³/mol. The second kappa shape index (κ2) is 8.39. The van der Waals surface area contributed by atoms with Gasteiger partial charge >= 0.3 is 0 Å². The van der Waals surface area contributed by atoms with Gasteiger partial charge in [-0.1, -0.05) is 24.6 Å². The van der Waals surface area contributed by atoms with Crippen molar-refractivity contribution in [3.05, 3.63) is 46.9 Å². The predicted octanol–water partition coefficient (Wildman–Crippen LogP) is 4.26. The molecule has 0 bridgehead atoms. The Bertz CT molecular complexity index is 1150. The average Bonchev–Trinajstić information content (AvgIpc) is 3.31. The molecule has 1 aromatic heterocycles. The summed E-state index contributed by atoms with van der Waals surface area (Å²) in [6.45, 7) is 4.29. The van der Waals surface area contributed by atoms with Gasteiger partial charge in [-0.3, -0.25) is 4.72 Å². The fourth-order valence-electron chi connectivity index (χ4n) is 4.95. The first-order chi connectivity index (χ1) is 15.0. The van der Waals surface area contributed by atoms with Crippen molar-refractivity contribution in [2.24, 2.45) is 5.41 Å². The van der Waals surface area contributed by atoms with Gasteiger partial charge in [0.05, 0.1) is 5.69 Å². The highest BCUT2D eigenvalue weighted by molar-refractivity contribution is 7.92. The first-order valence-corrected chi connectivity index (χ1v) is 12.2. The van der Waals surface area contributed by atoms with Crippen LogP contribution in [-0.2, 0) is 10.0 Å². The number of aromatic nitrogens is 1. The molecule has 0 amide bonds. The number of rotatable bonds is 5. The summed E-state index contributed by atoms with van der Waals surface area (Å²) in [7, 11) is -2.65. The van der Waals surface area contributed by atoms with Gasteiger partial charge in [-0.25, -0.2) is 22.2 Å². The Hall–Kier alpha value is -2.04. The maximum absolute atomic E-state index is 15.1. The third kappa shape index (κ3) is 4.15. The quantitative estimate of drug-likeness (QED) is 0.503. The zero-order chi connectivity index (χ0) is 23.3. The molecule has 2 atom stereocenters. The highest BCUT2D eigenvalue weighted by Crippen LogP contribution is 2.44. The van der Waals surface area contributed by atoms with E-state index in [1.54, 1.807) is 4.90 Å². The van der Waals surface area contributed by atoms with Crippen LogP contribution in [0.15, 0.2) is 29.2 Å². The van der Waals surface area contributed by atoms with E-state index < -0.39 is 43.3 Å². The van der Waals surface area contributed by atoms with E-state index in [1.165, 1.54) is 6.07 Å². The van der Waals surface area contributed by atoms with Crippen LogP contribution >= 0.6 is 11.6 Å². The van der Waals surface area contributed by atoms with E-state index in [9.17, 15) is 17.2 Å². The van der Waals surface area contributed by atoms with Crippen LogP contribution in [0, 0.1) is 23.0 Å². The standard InChI is InChI=1S/C21H24ClF3N4O2S/c1-21(15-5-4-9-28(15)2)8-10-29(12-21)14-11-13(23)20(19(25)18(14)22)32(30,31)27-17-7-3-6-16(24)26-17/h3,6-7,11,15H,4-5,8-10,12H2,1-2H3,(H,26,27). The summed E-state index contributed by atoms with van der Waals surface area (Å²) in [5.74, 6) is -4.01. The Kier molecular flexibility index (Phi) is 6.06. The number of hydrogen-bond donors (Lipinski definition) is 1. The van der Waals surface area contributed by atoms with E-state index in [4.69, 9.17) is 11.6 Å². The molecule has 4 rings (SSSR count). The van der Waals surface area contributed by atoms with Crippen LogP contribution < -0.4 is 9.62 Å². The smallest absolute Gasteiger partial charge is 0.268 e. The van der Waals surface area contributed by atoms with E-state index in [2.05, 4.69) is 23.9 Å². The minimum absolute atomic E-state index is 0.0725. The highest BCUT2D eigenvalue weighted by atomic mass is 35.5. The summed E-state index contributed by atoms with van der Waals surface area (Å²) < 4.78 is 70.4. The number of nitrogens with one attached hydrogen (secondary N) is 1. The van der Waals surface area contributed by atoms with E-state index in [0.29, 0.717) is 19.1 Å². The molecule has 2 fully saturated rings. The monoisotopic (exact) mass is 488 g/mol. The number of anilines is 2. The molecule has 2 aliphatic rings. The zero-order valence-corrected chi connectivity index (χ0v) is 19.3. The van der Waals surface area contributed by atoms with E-state index in [0.717, 1.165) is 44.0 Å². The highest BCUT2D eigenvalue weighted by Gasteiger charge is 2.44. The molecule has 32 heavy (non-hydrogen) atoms. The lowest BCUT2D eigenvalue weighted by atomic mass is 9.80. The van der Waals surface area contributed by atoms with Gasteiger partial charge in [-0.15, -0.1) is 0 Å². The molecule has 0 aliphatic carbocycles. The summed E-state index contributed by atoms with van der Waals surface area (Å²) in [4.78, 5) is 6.25. The first-order valence-electron chi connectivity index (χ1n) is 10.3. The zero-order valence-electron chi connectivity index (χ0n) is 17.7. The molecule has 11 heteroatoms. The molecular formula is C21H24ClF3N4O2S. The van der Waals surface area contributed by atoms with Crippen LogP contribution in [0.4, 0.5) is 24.7 Å². The summed E-state index contributed by atoms with van der Waals surface area (Å²) >= 11 is 6.20. The van der Waals surface area contributed by atoms with E-state index in [1.807, 2.05) is 4.72 Å². The van der Waals surface area contributed by atoms with Crippen LogP contribution in [0.2, 0.25) is 5.02 Å². The number of sulfonamides is 1. The second-order valence-electron chi connectivity index (χ2n) is 8.75. The summed E-state index contributed by atoms with van der Waals surface area (Å²) in [5.41, 5.74) is 0.0468. The topological polar surface area (TPSA) is 65.5 Å². The van der Waals surface area contributed by atoms with E-state index >= 15 is 4.39 Å². The molecule has 0 saturated carbocycles. The third-order valence-electron chi connectivity index (χ3n) is 6.49. The second-order valence-corrected chi connectivity index (χ2v) is 10.7. The summed E-state index contributed by atoms with van der Waals surface area (Å²) in [5, 5.41) is -0.469. The lowest BCUT2D eigenvalue weighted by Crippen LogP contribution is -2.42. The van der Waals surface area contributed by atoms with Gasteiger partial charge in [0.25, 0.3) is 10.0 Å². The van der Waals surface area contributed by atoms with Crippen molar-refractivity contribution in [2.45, 2.75) is 37.1 Å². The van der Waals surface area contributed by atoms with Crippen LogP contribution in [0.3, 0.4) is 0 Å². The normalized spacial score (nSPS) is 24.3. The molecule has 0 spiro atoms.